The first-order valence-corrected chi connectivity index (χ1v) is 9.37. The molecule has 2 fully saturated rings. The summed E-state index contributed by atoms with van der Waals surface area (Å²) in [5.41, 5.74) is 5.95. The van der Waals surface area contributed by atoms with Crippen molar-refractivity contribution < 1.29 is 13.3 Å². The van der Waals surface area contributed by atoms with Gasteiger partial charge in [-0.2, -0.15) is 0 Å². The van der Waals surface area contributed by atoms with Gasteiger partial charge < -0.3 is 5.73 Å². The minimum atomic E-state index is -3.68. The van der Waals surface area contributed by atoms with E-state index >= 15 is 0 Å². The van der Waals surface area contributed by atoms with Gasteiger partial charge in [-0.1, -0.05) is 6.42 Å². The molecule has 1 aromatic carbocycles. The third-order valence-corrected chi connectivity index (χ3v) is 6.50. The Bertz CT molecular complexity index is 675. The Kier molecular flexibility index (Phi) is 4.39. The van der Waals surface area contributed by atoms with Gasteiger partial charge in [0.25, 0.3) is 5.69 Å². The number of benzene rings is 1. The van der Waals surface area contributed by atoms with Gasteiger partial charge in [-0.05, 0) is 49.7 Å². The molecule has 23 heavy (non-hydrogen) atoms. The van der Waals surface area contributed by atoms with Crippen LogP contribution in [-0.4, -0.2) is 25.4 Å². The molecule has 0 radical (unpaired) electrons. The fraction of sp³-hybridized carbons (Fsp3) is 0.600. The summed E-state index contributed by atoms with van der Waals surface area (Å²) in [6.07, 6.45) is 4.82. The van der Waals surface area contributed by atoms with Crippen molar-refractivity contribution >= 4 is 15.7 Å². The van der Waals surface area contributed by atoms with Gasteiger partial charge in [0, 0.05) is 24.2 Å². The monoisotopic (exact) mass is 339 g/mol. The molecule has 2 saturated carbocycles. The SMILES string of the molecule is NC1CC2CCCC(C1)C2NS(=O)(=O)c1ccc([N+](=O)[O-])cc1. The van der Waals surface area contributed by atoms with Crippen molar-refractivity contribution in [2.24, 2.45) is 17.6 Å². The smallest absolute Gasteiger partial charge is 0.269 e. The van der Waals surface area contributed by atoms with Crippen molar-refractivity contribution in [1.29, 1.82) is 0 Å². The number of nitro benzene ring substituents is 1. The molecule has 0 aromatic heterocycles. The molecule has 2 unspecified atom stereocenters. The van der Waals surface area contributed by atoms with Crippen LogP contribution in [0.1, 0.15) is 32.1 Å². The number of nitrogens with one attached hydrogen (secondary N) is 1. The van der Waals surface area contributed by atoms with Gasteiger partial charge in [-0.15, -0.1) is 0 Å². The summed E-state index contributed by atoms with van der Waals surface area (Å²) in [6.45, 7) is 0. The first kappa shape index (κ1) is 16.4. The van der Waals surface area contributed by atoms with Crippen LogP contribution >= 0.6 is 0 Å². The van der Waals surface area contributed by atoms with Crippen LogP contribution in [0.25, 0.3) is 0 Å². The standard InChI is InChI=1S/C15H21N3O4S/c16-12-8-10-2-1-3-11(9-12)15(10)17-23(21,22)14-6-4-13(5-7-14)18(19)20/h4-7,10-12,15,17H,1-3,8-9,16H2. The predicted octanol–water partition coefficient (Wildman–Crippen LogP) is 1.78. The van der Waals surface area contributed by atoms with E-state index in [1.807, 2.05) is 0 Å². The first-order valence-electron chi connectivity index (χ1n) is 7.89. The number of hydrogen-bond acceptors (Lipinski definition) is 5. The van der Waals surface area contributed by atoms with E-state index in [0.29, 0.717) is 0 Å². The van der Waals surface area contributed by atoms with Crippen LogP contribution in [0.5, 0.6) is 0 Å². The lowest BCUT2D eigenvalue weighted by atomic mass is 9.67. The molecule has 126 valence electrons. The zero-order chi connectivity index (χ0) is 16.6. The van der Waals surface area contributed by atoms with Gasteiger partial charge in [0.2, 0.25) is 10.0 Å². The largest absolute Gasteiger partial charge is 0.328 e. The van der Waals surface area contributed by atoms with Crippen LogP contribution in [0.2, 0.25) is 0 Å². The zero-order valence-electron chi connectivity index (χ0n) is 12.7. The third-order valence-electron chi connectivity index (χ3n) is 5.03. The highest BCUT2D eigenvalue weighted by Gasteiger charge is 2.41. The zero-order valence-corrected chi connectivity index (χ0v) is 13.5. The Morgan fingerprint density at radius 1 is 1.13 bits per heavy atom. The van der Waals surface area contributed by atoms with E-state index in [1.54, 1.807) is 0 Å². The summed E-state index contributed by atoms with van der Waals surface area (Å²) in [7, 11) is -3.68. The fourth-order valence-corrected chi connectivity index (χ4v) is 5.35. The average Bonchev–Trinajstić information content (AvgIpc) is 2.48. The van der Waals surface area contributed by atoms with Gasteiger partial charge in [-0.25, -0.2) is 13.1 Å². The lowest BCUT2D eigenvalue weighted by Crippen LogP contribution is -2.53. The molecule has 3 N–H and O–H groups in total. The maximum absolute atomic E-state index is 12.6. The topological polar surface area (TPSA) is 115 Å². The number of fused-ring (bicyclic) bond motifs is 2. The number of non-ortho nitro benzene ring substituents is 1. The van der Waals surface area contributed by atoms with E-state index in [4.69, 9.17) is 5.73 Å². The van der Waals surface area contributed by atoms with Crippen LogP contribution in [-0.2, 0) is 10.0 Å². The first-order chi connectivity index (χ1) is 10.9. The number of sulfonamides is 1. The summed E-state index contributed by atoms with van der Waals surface area (Å²) < 4.78 is 28.0. The van der Waals surface area contributed by atoms with E-state index in [1.165, 1.54) is 24.3 Å². The summed E-state index contributed by atoms with van der Waals surface area (Å²) in [6, 6.07) is 5.07. The van der Waals surface area contributed by atoms with Crippen LogP contribution in [0.3, 0.4) is 0 Å². The normalized spacial score (nSPS) is 30.8. The molecule has 0 heterocycles. The van der Waals surface area contributed by atoms with Gasteiger partial charge in [0.1, 0.15) is 0 Å². The molecule has 2 aliphatic carbocycles. The van der Waals surface area contributed by atoms with Crippen molar-refractivity contribution in [3.63, 3.8) is 0 Å². The average molecular weight is 339 g/mol. The van der Waals surface area contributed by atoms with Gasteiger partial charge >= 0.3 is 0 Å². The fourth-order valence-electron chi connectivity index (χ4n) is 3.98. The highest BCUT2D eigenvalue weighted by Crippen LogP contribution is 2.40. The highest BCUT2D eigenvalue weighted by molar-refractivity contribution is 7.89. The Balaban J connectivity index is 1.79. The predicted molar refractivity (Wildman–Crippen MR) is 85.2 cm³/mol. The molecular formula is C15H21N3O4S. The van der Waals surface area contributed by atoms with Crippen LogP contribution < -0.4 is 10.5 Å². The van der Waals surface area contributed by atoms with Crippen molar-refractivity contribution in [2.45, 2.75) is 49.1 Å². The number of rotatable bonds is 4. The van der Waals surface area contributed by atoms with Crippen LogP contribution in [0.4, 0.5) is 5.69 Å². The molecule has 0 spiro atoms. The van der Waals surface area contributed by atoms with Gasteiger partial charge in [0.15, 0.2) is 0 Å². The summed E-state index contributed by atoms with van der Waals surface area (Å²) in [5, 5.41) is 10.7. The second kappa shape index (κ2) is 6.18. The van der Waals surface area contributed by atoms with Crippen LogP contribution in [0.15, 0.2) is 29.2 Å². The molecule has 2 atom stereocenters. The Hall–Kier alpha value is -1.51. The molecule has 3 rings (SSSR count). The summed E-state index contributed by atoms with van der Waals surface area (Å²) in [4.78, 5) is 10.2. The molecule has 2 aliphatic rings. The van der Waals surface area contributed by atoms with Gasteiger partial charge in [0.05, 0.1) is 9.82 Å². The number of nitrogens with zero attached hydrogens (tertiary/aromatic N) is 1. The maximum atomic E-state index is 12.6. The number of nitro groups is 1. The summed E-state index contributed by atoms with van der Waals surface area (Å²) in [5.74, 6) is 0.565. The molecular weight excluding hydrogens is 318 g/mol. The van der Waals surface area contributed by atoms with Crippen molar-refractivity contribution in [3.8, 4) is 0 Å². The maximum Gasteiger partial charge on any atom is 0.269 e. The molecule has 7 nitrogen and oxygen atoms in total. The Labute approximate surface area is 135 Å². The van der Waals surface area contributed by atoms with E-state index in [0.717, 1.165) is 32.1 Å². The molecule has 2 bridgehead atoms. The van der Waals surface area contributed by atoms with E-state index in [2.05, 4.69) is 4.72 Å². The van der Waals surface area contributed by atoms with E-state index in [9.17, 15) is 18.5 Å². The van der Waals surface area contributed by atoms with Crippen LogP contribution in [0, 0.1) is 22.0 Å². The minimum absolute atomic E-state index is 0.0658. The van der Waals surface area contributed by atoms with Crippen molar-refractivity contribution in [2.75, 3.05) is 0 Å². The molecule has 8 heteroatoms. The Morgan fingerprint density at radius 3 is 2.22 bits per heavy atom. The number of nitrogens with two attached hydrogens (primary N) is 1. The quantitative estimate of drug-likeness (QED) is 0.641. The summed E-state index contributed by atoms with van der Waals surface area (Å²) >= 11 is 0. The molecule has 0 amide bonds. The van der Waals surface area contributed by atoms with Gasteiger partial charge in [-0.3, -0.25) is 10.1 Å². The Morgan fingerprint density at radius 2 is 1.70 bits per heavy atom. The second-order valence-corrected chi connectivity index (χ2v) is 8.29. The molecule has 0 saturated heterocycles. The molecule has 1 aromatic rings. The van der Waals surface area contributed by atoms with Crippen molar-refractivity contribution in [3.05, 3.63) is 34.4 Å². The molecule has 0 aliphatic heterocycles. The number of hydrogen-bond donors (Lipinski definition) is 2. The van der Waals surface area contributed by atoms with E-state index < -0.39 is 14.9 Å². The lowest BCUT2D eigenvalue weighted by Gasteiger charge is -2.44. The van der Waals surface area contributed by atoms with Crippen molar-refractivity contribution in [1.82, 2.24) is 4.72 Å². The minimum Gasteiger partial charge on any atom is -0.328 e. The highest BCUT2D eigenvalue weighted by atomic mass is 32.2. The second-order valence-electron chi connectivity index (χ2n) is 6.58. The lowest BCUT2D eigenvalue weighted by molar-refractivity contribution is -0.384. The third kappa shape index (κ3) is 3.39. The van der Waals surface area contributed by atoms with E-state index in [-0.39, 0.29) is 34.5 Å².